The molecule has 0 aromatic heterocycles. The lowest BCUT2D eigenvalue weighted by atomic mass is 10.3. The number of amidine groups is 1. The molecule has 0 atom stereocenters. The summed E-state index contributed by atoms with van der Waals surface area (Å²) in [6.07, 6.45) is 0. The molecule has 0 radical (unpaired) electrons. The minimum Gasteiger partial charge on any atom is -0.378 e. The highest BCUT2D eigenvalue weighted by molar-refractivity contribution is 6.38. The number of nitrogens with zero attached hydrogens (tertiary/aromatic N) is 2. The van der Waals surface area contributed by atoms with Gasteiger partial charge < -0.3 is 9.64 Å². The van der Waals surface area contributed by atoms with Gasteiger partial charge in [0.2, 0.25) is 0 Å². The fourth-order valence-corrected chi connectivity index (χ4v) is 2.01. The van der Waals surface area contributed by atoms with Gasteiger partial charge >= 0.3 is 0 Å². The Kier molecular flexibility index (Phi) is 6.78. The van der Waals surface area contributed by atoms with E-state index in [-0.39, 0.29) is 18.2 Å². The fraction of sp³-hybridized carbons (Fsp3) is 0.385. The fourth-order valence-electron chi connectivity index (χ4n) is 1.82. The van der Waals surface area contributed by atoms with Crippen LogP contribution < -0.4 is 5.43 Å². The van der Waals surface area contributed by atoms with Crippen molar-refractivity contribution in [3.8, 4) is 0 Å². The van der Waals surface area contributed by atoms with Gasteiger partial charge in [0.1, 0.15) is 0 Å². The maximum absolute atomic E-state index is 11.7. The van der Waals surface area contributed by atoms with Gasteiger partial charge in [-0.2, -0.15) is 5.10 Å². The number of nitrogens with one attached hydrogen (secondary N) is 1. The van der Waals surface area contributed by atoms with Crippen LogP contribution in [0.1, 0.15) is 6.92 Å². The van der Waals surface area contributed by atoms with Crippen LogP contribution in [0.4, 0.5) is 5.69 Å². The van der Waals surface area contributed by atoms with Crippen molar-refractivity contribution >= 4 is 41.3 Å². The summed E-state index contributed by atoms with van der Waals surface area (Å²) >= 11 is 5.89. The van der Waals surface area contributed by atoms with E-state index in [1.807, 2.05) is 17.0 Å². The van der Waals surface area contributed by atoms with Crippen LogP contribution >= 0.6 is 24.0 Å². The number of carbonyl (C=O) groups is 1. The Bertz CT molecular complexity index is 488. The Balaban J connectivity index is 0.00000200. The number of rotatable bonds is 3. The van der Waals surface area contributed by atoms with Crippen LogP contribution in [0.5, 0.6) is 0 Å². The molecular weight excluding hydrogens is 301 g/mol. The molecule has 1 saturated heterocycles. The molecule has 0 saturated carbocycles. The summed E-state index contributed by atoms with van der Waals surface area (Å²) in [6, 6.07) is 7.20. The van der Waals surface area contributed by atoms with Crippen molar-refractivity contribution in [2.75, 3.05) is 31.7 Å². The molecule has 0 unspecified atom stereocenters. The Morgan fingerprint density at radius 2 is 2.10 bits per heavy atom. The van der Waals surface area contributed by atoms with E-state index in [4.69, 9.17) is 16.3 Å². The van der Waals surface area contributed by atoms with Crippen molar-refractivity contribution in [3.63, 3.8) is 0 Å². The van der Waals surface area contributed by atoms with Crippen molar-refractivity contribution in [1.82, 2.24) is 4.90 Å². The third-order valence-electron chi connectivity index (χ3n) is 2.74. The molecule has 1 aromatic carbocycles. The molecule has 20 heavy (non-hydrogen) atoms. The highest BCUT2D eigenvalue weighted by atomic mass is 35.5. The minimum atomic E-state index is -0.0728. The van der Waals surface area contributed by atoms with Crippen LogP contribution in [0, 0.1) is 0 Å². The van der Waals surface area contributed by atoms with Crippen molar-refractivity contribution in [3.05, 3.63) is 29.3 Å². The molecule has 7 heteroatoms. The molecule has 1 fully saturated rings. The molecular formula is C13H17Cl2N3O2. The van der Waals surface area contributed by atoms with E-state index in [2.05, 4.69) is 10.5 Å². The van der Waals surface area contributed by atoms with Gasteiger partial charge in [-0.05, 0) is 18.2 Å². The van der Waals surface area contributed by atoms with Crippen LogP contribution in [-0.4, -0.2) is 42.8 Å². The summed E-state index contributed by atoms with van der Waals surface area (Å²) in [7, 11) is 0. The lowest BCUT2D eigenvalue weighted by Crippen LogP contribution is -2.44. The molecule has 1 heterocycles. The average Bonchev–Trinajstić information content (AvgIpc) is 2.40. The second-order valence-corrected chi connectivity index (χ2v) is 4.65. The SMILES string of the molecule is CC(=O)C(=NNc1cccc(Cl)c1)N1CCOCC1.Cl. The zero-order valence-corrected chi connectivity index (χ0v) is 12.7. The summed E-state index contributed by atoms with van der Waals surface area (Å²) in [6.45, 7) is 4.09. The molecule has 110 valence electrons. The molecule has 0 aliphatic carbocycles. The van der Waals surface area contributed by atoms with Gasteiger partial charge in [-0.25, -0.2) is 0 Å². The molecule has 5 nitrogen and oxygen atoms in total. The number of anilines is 1. The number of ketones is 1. The molecule has 2 rings (SSSR count). The van der Waals surface area contributed by atoms with Crippen LogP contribution in [0.2, 0.25) is 5.02 Å². The molecule has 0 spiro atoms. The van der Waals surface area contributed by atoms with E-state index >= 15 is 0 Å². The summed E-state index contributed by atoms with van der Waals surface area (Å²) < 4.78 is 5.26. The van der Waals surface area contributed by atoms with Crippen LogP contribution in [0.3, 0.4) is 0 Å². The van der Waals surface area contributed by atoms with E-state index in [0.717, 1.165) is 5.69 Å². The predicted octanol–water partition coefficient (Wildman–Crippen LogP) is 2.41. The summed E-state index contributed by atoms with van der Waals surface area (Å²) in [5.41, 5.74) is 3.61. The first-order valence-electron chi connectivity index (χ1n) is 6.10. The third-order valence-corrected chi connectivity index (χ3v) is 2.98. The van der Waals surface area contributed by atoms with E-state index in [1.54, 1.807) is 12.1 Å². The maximum atomic E-state index is 11.7. The number of hydrazone groups is 1. The molecule has 1 aliphatic heterocycles. The Labute approximate surface area is 129 Å². The third kappa shape index (κ3) is 4.67. The second-order valence-electron chi connectivity index (χ2n) is 4.21. The predicted molar refractivity (Wildman–Crippen MR) is 82.8 cm³/mol. The minimum absolute atomic E-state index is 0. The number of halogens is 2. The lowest BCUT2D eigenvalue weighted by Gasteiger charge is -2.28. The number of Topliss-reactive ketones (excluding diaryl/α,β-unsaturated/α-hetero) is 1. The smallest absolute Gasteiger partial charge is 0.196 e. The number of benzene rings is 1. The highest BCUT2D eigenvalue weighted by Crippen LogP contribution is 2.15. The molecule has 1 aliphatic rings. The van der Waals surface area contributed by atoms with Crippen LogP contribution in [-0.2, 0) is 9.53 Å². The van der Waals surface area contributed by atoms with Gasteiger partial charge in [0.05, 0.1) is 18.9 Å². The Morgan fingerprint density at radius 1 is 1.40 bits per heavy atom. The first kappa shape index (κ1) is 16.8. The number of hydrogen-bond acceptors (Lipinski definition) is 4. The number of morpholine rings is 1. The first-order valence-corrected chi connectivity index (χ1v) is 6.47. The summed E-state index contributed by atoms with van der Waals surface area (Å²) in [5, 5.41) is 4.81. The second kappa shape index (κ2) is 8.09. The highest BCUT2D eigenvalue weighted by Gasteiger charge is 2.18. The molecule has 1 N–H and O–H groups in total. The monoisotopic (exact) mass is 317 g/mol. The van der Waals surface area contributed by atoms with E-state index < -0.39 is 0 Å². The van der Waals surface area contributed by atoms with Crippen molar-refractivity contribution in [2.24, 2.45) is 5.10 Å². The Hall–Kier alpha value is -1.30. The zero-order chi connectivity index (χ0) is 13.7. The quantitative estimate of drug-likeness (QED) is 0.528. The lowest BCUT2D eigenvalue weighted by molar-refractivity contribution is -0.112. The molecule has 0 amide bonds. The Morgan fingerprint density at radius 3 is 2.70 bits per heavy atom. The number of carbonyl (C=O) groups excluding carboxylic acids is 1. The van der Waals surface area contributed by atoms with Gasteiger partial charge in [0, 0.05) is 25.0 Å². The van der Waals surface area contributed by atoms with E-state index in [1.165, 1.54) is 6.92 Å². The summed E-state index contributed by atoms with van der Waals surface area (Å²) in [4.78, 5) is 13.6. The normalized spacial score (nSPS) is 15.5. The van der Waals surface area contributed by atoms with Crippen LogP contribution in [0.25, 0.3) is 0 Å². The average molecular weight is 318 g/mol. The topological polar surface area (TPSA) is 53.9 Å². The maximum Gasteiger partial charge on any atom is 0.196 e. The van der Waals surface area contributed by atoms with Gasteiger partial charge in [0.25, 0.3) is 0 Å². The largest absolute Gasteiger partial charge is 0.378 e. The van der Waals surface area contributed by atoms with Crippen molar-refractivity contribution in [1.29, 1.82) is 0 Å². The van der Waals surface area contributed by atoms with Crippen LogP contribution in [0.15, 0.2) is 29.4 Å². The van der Waals surface area contributed by atoms with Gasteiger partial charge in [-0.15, -0.1) is 12.4 Å². The number of ether oxygens (including phenoxy) is 1. The molecule has 1 aromatic rings. The van der Waals surface area contributed by atoms with E-state index in [0.29, 0.717) is 37.2 Å². The standard InChI is InChI=1S/C13H16ClN3O2.ClH/c1-10(18)13(17-5-7-19-8-6-17)16-15-12-4-2-3-11(14)9-12;/h2-4,9,15H,5-8H2,1H3;1H. The van der Waals surface area contributed by atoms with E-state index in [9.17, 15) is 4.79 Å². The summed E-state index contributed by atoms with van der Waals surface area (Å²) in [5.74, 6) is 0.347. The van der Waals surface area contributed by atoms with Gasteiger partial charge in [-0.3, -0.25) is 10.2 Å². The molecule has 0 bridgehead atoms. The first-order chi connectivity index (χ1) is 9.16. The zero-order valence-electron chi connectivity index (χ0n) is 11.1. The number of hydrogen-bond donors (Lipinski definition) is 1. The van der Waals surface area contributed by atoms with Gasteiger partial charge in [-0.1, -0.05) is 17.7 Å². The van der Waals surface area contributed by atoms with Crippen molar-refractivity contribution in [2.45, 2.75) is 6.92 Å². The van der Waals surface area contributed by atoms with Crippen molar-refractivity contribution < 1.29 is 9.53 Å². The van der Waals surface area contributed by atoms with Gasteiger partial charge in [0.15, 0.2) is 11.6 Å².